The molecule has 0 aliphatic heterocycles. The van der Waals surface area contributed by atoms with E-state index in [2.05, 4.69) is 0 Å². The van der Waals surface area contributed by atoms with Gasteiger partial charge in [-0.2, -0.15) is 0 Å². The SMILES string of the molecule is Clc1ccc(/C=C/Oc2ccccc2)cc1. The fraction of sp³-hybridized carbons (Fsp3) is 0. The third-order valence-electron chi connectivity index (χ3n) is 2.08. The number of rotatable bonds is 3. The zero-order chi connectivity index (χ0) is 11.2. The van der Waals surface area contributed by atoms with Crippen LogP contribution in [-0.2, 0) is 0 Å². The molecule has 0 spiro atoms. The van der Waals surface area contributed by atoms with E-state index in [0.717, 1.165) is 16.3 Å². The Labute approximate surface area is 99.9 Å². The number of hydrogen-bond donors (Lipinski definition) is 0. The van der Waals surface area contributed by atoms with Crippen LogP contribution in [0.25, 0.3) is 6.08 Å². The molecule has 0 aromatic heterocycles. The molecular weight excluding hydrogens is 220 g/mol. The Morgan fingerprint density at radius 3 is 2.25 bits per heavy atom. The van der Waals surface area contributed by atoms with Crippen LogP contribution in [0.2, 0.25) is 5.02 Å². The lowest BCUT2D eigenvalue weighted by Crippen LogP contribution is -1.80. The van der Waals surface area contributed by atoms with Crippen LogP contribution >= 0.6 is 11.6 Å². The maximum Gasteiger partial charge on any atom is 0.126 e. The van der Waals surface area contributed by atoms with Crippen LogP contribution in [0, 0.1) is 0 Å². The molecule has 2 heteroatoms. The molecule has 0 atom stereocenters. The Balaban J connectivity index is 1.98. The first-order chi connectivity index (χ1) is 7.84. The van der Waals surface area contributed by atoms with E-state index in [-0.39, 0.29) is 0 Å². The molecule has 1 nitrogen and oxygen atoms in total. The summed E-state index contributed by atoms with van der Waals surface area (Å²) in [5.74, 6) is 0.827. The van der Waals surface area contributed by atoms with Gasteiger partial charge in [-0.1, -0.05) is 41.9 Å². The number of hydrogen-bond acceptors (Lipinski definition) is 1. The minimum absolute atomic E-state index is 0.737. The first kappa shape index (κ1) is 10.8. The molecule has 16 heavy (non-hydrogen) atoms. The van der Waals surface area contributed by atoms with Gasteiger partial charge in [-0.25, -0.2) is 0 Å². The van der Waals surface area contributed by atoms with Gasteiger partial charge in [0.15, 0.2) is 0 Å². The molecule has 0 radical (unpaired) electrons. The van der Waals surface area contributed by atoms with Gasteiger partial charge >= 0.3 is 0 Å². The molecule has 0 aliphatic carbocycles. The molecule has 2 rings (SSSR count). The van der Waals surface area contributed by atoms with Gasteiger partial charge in [-0.15, -0.1) is 0 Å². The van der Waals surface area contributed by atoms with Crippen LogP contribution in [0.5, 0.6) is 5.75 Å². The maximum atomic E-state index is 5.79. The molecule has 0 aliphatic rings. The average molecular weight is 231 g/mol. The average Bonchev–Trinajstić information content (AvgIpc) is 2.33. The van der Waals surface area contributed by atoms with Crippen LogP contribution < -0.4 is 4.74 Å². The van der Waals surface area contributed by atoms with Crippen molar-refractivity contribution in [3.63, 3.8) is 0 Å². The van der Waals surface area contributed by atoms with Crippen molar-refractivity contribution in [1.29, 1.82) is 0 Å². The van der Waals surface area contributed by atoms with E-state index >= 15 is 0 Å². The van der Waals surface area contributed by atoms with Crippen LogP contribution in [0.4, 0.5) is 0 Å². The van der Waals surface area contributed by atoms with Crippen LogP contribution in [0.15, 0.2) is 60.9 Å². The third-order valence-corrected chi connectivity index (χ3v) is 2.33. The van der Waals surface area contributed by atoms with E-state index in [4.69, 9.17) is 16.3 Å². The molecule has 0 bridgehead atoms. The van der Waals surface area contributed by atoms with Crippen molar-refractivity contribution in [2.45, 2.75) is 0 Å². The number of ether oxygens (including phenoxy) is 1. The normalized spacial score (nSPS) is 10.6. The lowest BCUT2D eigenvalue weighted by Gasteiger charge is -1.98. The van der Waals surface area contributed by atoms with E-state index in [1.165, 1.54) is 0 Å². The Morgan fingerprint density at radius 2 is 1.56 bits per heavy atom. The summed E-state index contributed by atoms with van der Waals surface area (Å²) in [6.07, 6.45) is 3.56. The lowest BCUT2D eigenvalue weighted by atomic mass is 10.2. The molecule has 0 fully saturated rings. The summed E-state index contributed by atoms with van der Waals surface area (Å²) in [5, 5.41) is 0.737. The molecular formula is C14H11ClO. The van der Waals surface area contributed by atoms with Gasteiger partial charge in [-0.3, -0.25) is 0 Å². The first-order valence-corrected chi connectivity index (χ1v) is 5.36. The largest absolute Gasteiger partial charge is 0.465 e. The topological polar surface area (TPSA) is 9.23 Å². The molecule has 2 aromatic rings. The number of benzene rings is 2. The molecule has 0 amide bonds. The predicted octanol–water partition coefficient (Wildman–Crippen LogP) is 4.39. The third kappa shape index (κ3) is 3.14. The molecule has 0 unspecified atom stereocenters. The molecule has 0 heterocycles. The summed E-state index contributed by atoms with van der Waals surface area (Å²) in [7, 11) is 0. The minimum atomic E-state index is 0.737. The summed E-state index contributed by atoms with van der Waals surface area (Å²) in [6.45, 7) is 0. The second-order valence-corrected chi connectivity index (χ2v) is 3.72. The summed E-state index contributed by atoms with van der Waals surface area (Å²) >= 11 is 5.79. The quantitative estimate of drug-likeness (QED) is 0.711. The fourth-order valence-corrected chi connectivity index (χ4v) is 1.39. The highest BCUT2D eigenvalue weighted by atomic mass is 35.5. The summed E-state index contributed by atoms with van der Waals surface area (Å²) in [4.78, 5) is 0. The smallest absolute Gasteiger partial charge is 0.126 e. The Kier molecular flexibility index (Phi) is 3.62. The van der Waals surface area contributed by atoms with Gasteiger partial charge in [0.05, 0.1) is 6.26 Å². The zero-order valence-electron chi connectivity index (χ0n) is 8.64. The lowest BCUT2D eigenvalue weighted by molar-refractivity contribution is 0.485. The number of para-hydroxylation sites is 1. The van der Waals surface area contributed by atoms with Crippen molar-refractivity contribution in [2.24, 2.45) is 0 Å². The van der Waals surface area contributed by atoms with E-state index < -0.39 is 0 Å². The molecule has 0 N–H and O–H groups in total. The van der Waals surface area contributed by atoms with Crippen molar-refractivity contribution in [3.8, 4) is 5.75 Å². The van der Waals surface area contributed by atoms with Gasteiger partial charge in [0, 0.05) is 5.02 Å². The Hall–Kier alpha value is -1.73. The standard InChI is InChI=1S/C14H11ClO/c15-13-8-6-12(7-9-13)10-11-16-14-4-2-1-3-5-14/h1-11H/b11-10+. The summed E-state index contributed by atoms with van der Waals surface area (Å²) < 4.78 is 5.43. The molecule has 80 valence electrons. The van der Waals surface area contributed by atoms with Crippen molar-refractivity contribution >= 4 is 17.7 Å². The molecule has 0 saturated heterocycles. The van der Waals surface area contributed by atoms with Gasteiger partial charge in [0.2, 0.25) is 0 Å². The highest BCUT2D eigenvalue weighted by Crippen LogP contribution is 2.12. The Bertz CT molecular complexity index is 460. The predicted molar refractivity (Wildman–Crippen MR) is 67.6 cm³/mol. The second kappa shape index (κ2) is 5.38. The maximum absolute atomic E-state index is 5.79. The highest BCUT2D eigenvalue weighted by Gasteiger charge is 1.89. The van der Waals surface area contributed by atoms with Crippen molar-refractivity contribution in [1.82, 2.24) is 0 Å². The minimum Gasteiger partial charge on any atom is -0.465 e. The van der Waals surface area contributed by atoms with Gasteiger partial charge in [0.25, 0.3) is 0 Å². The van der Waals surface area contributed by atoms with Gasteiger partial charge in [-0.05, 0) is 35.9 Å². The van der Waals surface area contributed by atoms with Crippen molar-refractivity contribution < 1.29 is 4.74 Å². The van der Waals surface area contributed by atoms with E-state index in [9.17, 15) is 0 Å². The first-order valence-electron chi connectivity index (χ1n) is 4.98. The van der Waals surface area contributed by atoms with Crippen LogP contribution in [0.3, 0.4) is 0 Å². The van der Waals surface area contributed by atoms with E-state index in [1.54, 1.807) is 6.26 Å². The van der Waals surface area contributed by atoms with Crippen LogP contribution in [0.1, 0.15) is 5.56 Å². The summed E-state index contributed by atoms with van der Waals surface area (Å²) in [6, 6.07) is 17.2. The molecule has 0 saturated carbocycles. The second-order valence-electron chi connectivity index (χ2n) is 3.29. The number of halogens is 1. The van der Waals surface area contributed by atoms with E-state index in [0.29, 0.717) is 0 Å². The van der Waals surface area contributed by atoms with Gasteiger partial charge in [0.1, 0.15) is 5.75 Å². The highest BCUT2D eigenvalue weighted by molar-refractivity contribution is 6.30. The van der Waals surface area contributed by atoms with Crippen molar-refractivity contribution in [3.05, 3.63) is 71.4 Å². The van der Waals surface area contributed by atoms with Crippen LogP contribution in [-0.4, -0.2) is 0 Å². The zero-order valence-corrected chi connectivity index (χ0v) is 9.39. The fourth-order valence-electron chi connectivity index (χ4n) is 1.26. The van der Waals surface area contributed by atoms with Crippen molar-refractivity contribution in [2.75, 3.05) is 0 Å². The molecule has 2 aromatic carbocycles. The van der Waals surface area contributed by atoms with Gasteiger partial charge < -0.3 is 4.74 Å². The van der Waals surface area contributed by atoms with E-state index in [1.807, 2.05) is 60.7 Å². The summed E-state index contributed by atoms with van der Waals surface area (Å²) in [5.41, 5.74) is 1.06. The monoisotopic (exact) mass is 230 g/mol. The Morgan fingerprint density at radius 1 is 0.875 bits per heavy atom.